The molecule has 0 aliphatic carbocycles. The zero-order valence-electron chi connectivity index (χ0n) is 5.41. The van der Waals surface area contributed by atoms with Gasteiger partial charge in [0, 0.05) is 0 Å². The summed E-state index contributed by atoms with van der Waals surface area (Å²) in [6, 6.07) is 4.64. The van der Waals surface area contributed by atoms with Crippen LogP contribution in [-0.4, -0.2) is 10.3 Å². The van der Waals surface area contributed by atoms with Gasteiger partial charge in [0.1, 0.15) is 5.75 Å². The molecule has 0 amide bonds. The molecule has 2 aromatic rings. The highest BCUT2D eigenvalue weighted by Crippen LogP contribution is 2.25. The molecule has 0 saturated heterocycles. The molecule has 11 heavy (non-hydrogen) atoms. The van der Waals surface area contributed by atoms with Gasteiger partial charge in [-0.3, -0.25) is 0 Å². The molecule has 4 heteroatoms. The number of nitrogens with zero attached hydrogens (tertiary/aromatic N) is 1. The minimum absolute atomic E-state index is 0.155. The molecular formula is C7H4ClNO2. The maximum absolute atomic E-state index is 9.04. The third kappa shape index (κ3) is 0.935. The van der Waals surface area contributed by atoms with Crippen molar-refractivity contribution in [3.63, 3.8) is 0 Å². The Hall–Kier alpha value is -1.22. The molecule has 0 spiro atoms. The summed E-state index contributed by atoms with van der Waals surface area (Å²) in [5.74, 6) is 0.155. The van der Waals surface area contributed by atoms with Gasteiger partial charge in [-0.15, -0.1) is 0 Å². The molecule has 0 unspecified atom stereocenters. The van der Waals surface area contributed by atoms with Gasteiger partial charge in [0.2, 0.25) is 0 Å². The average molecular weight is 170 g/mol. The number of aromatic nitrogens is 1. The van der Waals surface area contributed by atoms with Crippen molar-refractivity contribution in [3.8, 4) is 5.75 Å². The van der Waals surface area contributed by atoms with E-state index in [1.807, 2.05) is 0 Å². The van der Waals surface area contributed by atoms with Gasteiger partial charge in [-0.05, 0) is 18.2 Å². The summed E-state index contributed by atoms with van der Waals surface area (Å²) in [7, 11) is 0. The predicted molar refractivity (Wildman–Crippen MR) is 40.7 cm³/mol. The molecule has 1 N–H and O–H groups in total. The number of hydrogen-bond donors (Lipinski definition) is 1. The molecule has 1 aromatic heterocycles. The summed E-state index contributed by atoms with van der Waals surface area (Å²) in [5.41, 5.74) is 0.577. The number of phenols is 1. The van der Waals surface area contributed by atoms with Crippen molar-refractivity contribution in [3.05, 3.63) is 23.4 Å². The lowest BCUT2D eigenvalue weighted by Crippen LogP contribution is -1.64. The monoisotopic (exact) mass is 169 g/mol. The van der Waals surface area contributed by atoms with Gasteiger partial charge >= 0.3 is 0 Å². The fraction of sp³-hybridized carbons (Fsp3) is 0. The van der Waals surface area contributed by atoms with Crippen LogP contribution in [0.3, 0.4) is 0 Å². The summed E-state index contributed by atoms with van der Waals surface area (Å²) in [6.45, 7) is 0. The molecule has 2 rings (SSSR count). The lowest BCUT2D eigenvalue weighted by Gasteiger charge is -1.88. The van der Waals surface area contributed by atoms with E-state index in [1.54, 1.807) is 6.07 Å². The SMILES string of the molecule is Oc1ccc2onc(Cl)c2c1. The van der Waals surface area contributed by atoms with Crippen molar-refractivity contribution in [1.82, 2.24) is 5.16 Å². The number of phenolic OH excluding ortho intramolecular Hbond substituents is 1. The van der Waals surface area contributed by atoms with E-state index in [1.165, 1.54) is 12.1 Å². The van der Waals surface area contributed by atoms with Crippen molar-refractivity contribution in [1.29, 1.82) is 0 Å². The smallest absolute Gasteiger partial charge is 0.180 e. The largest absolute Gasteiger partial charge is 0.508 e. The second kappa shape index (κ2) is 2.13. The van der Waals surface area contributed by atoms with E-state index in [0.717, 1.165) is 0 Å². The Morgan fingerprint density at radius 1 is 1.45 bits per heavy atom. The van der Waals surface area contributed by atoms with Crippen LogP contribution >= 0.6 is 11.6 Å². The summed E-state index contributed by atoms with van der Waals surface area (Å²) in [5, 5.41) is 13.5. The number of benzene rings is 1. The number of rotatable bonds is 0. The van der Waals surface area contributed by atoms with Crippen LogP contribution in [0.4, 0.5) is 0 Å². The molecule has 1 heterocycles. The molecule has 0 fully saturated rings. The molecule has 0 atom stereocenters. The zero-order chi connectivity index (χ0) is 7.84. The number of halogens is 1. The van der Waals surface area contributed by atoms with Crippen LogP contribution in [0.1, 0.15) is 0 Å². The van der Waals surface area contributed by atoms with Gasteiger partial charge in [-0.25, -0.2) is 0 Å². The molecule has 0 bridgehead atoms. The maximum atomic E-state index is 9.04. The second-order valence-corrected chi connectivity index (χ2v) is 2.51. The topological polar surface area (TPSA) is 46.3 Å². The zero-order valence-corrected chi connectivity index (χ0v) is 6.17. The fourth-order valence-corrected chi connectivity index (χ4v) is 1.08. The van der Waals surface area contributed by atoms with Crippen LogP contribution in [0.2, 0.25) is 5.15 Å². The Morgan fingerprint density at radius 3 is 3.09 bits per heavy atom. The minimum atomic E-state index is 0.155. The number of hydrogen-bond acceptors (Lipinski definition) is 3. The summed E-state index contributed by atoms with van der Waals surface area (Å²) in [6.07, 6.45) is 0. The molecular weight excluding hydrogens is 166 g/mol. The first-order valence-electron chi connectivity index (χ1n) is 3.01. The third-order valence-corrected chi connectivity index (χ3v) is 1.68. The van der Waals surface area contributed by atoms with Gasteiger partial charge in [-0.2, -0.15) is 0 Å². The molecule has 0 aliphatic heterocycles. The Morgan fingerprint density at radius 2 is 2.27 bits per heavy atom. The fourth-order valence-electron chi connectivity index (χ4n) is 0.897. The normalized spacial score (nSPS) is 10.6. The quantitative estimate of drug-likeness (QED) is 0.658. The maximum Gasteiger partial charge on any atom is 0.180 e. The van der Waals surface area contributed by atoms with E-state index >= 15 is 0 Å². The molecule has 0 aliphatic rings. The standard InChI is InChI=1S/C7H4ClNO2/c8-7-5-3-4(10)1-2-6(5)11-9-7/h1-3,10H. The van der Waals surface area contributed by atoms with E-state index in [0.29, 0.717) is 11.0 Å². The Kier molecular flexibility index (Phi) is 1.26. The first-order chi connectivity index (χ1) is 5.27. The van der Waals surface area contributed by atoms with Crippen LogP contribution in [0, 0.1) is 0 Å². The lowest BCUT2D eigenvalue weighted by molar-refractivity contribution is 0.455. The van der Waals surface area contributed by atoms with Crippen LogP contribution in [0.5, 0.6) is 5.75 Å². The van der Waals surface area contributed by atoms with Gasteiger partial charge in [0.25, 0.3) is 0 Å². The van der Waals surface area contributed by atoms with Gasteiger partial charge < -0.3 is 9.63 Å². The summed E-state index contributed by atoms with van der Waals surface area (Å²) >= 11 is 5.63. The van der Waals surface area contributed by atoms with Crippen molar-refractivity contribution < 1.29 is 9.63 Å². The molecule has 0 saturated carbocycles. The summed E-state index contributed by atoms with van der Waals surface area (Å²) < 4.78 is 4.81. The molecule has 1 aromatic carbocycles. The summed E-state index contributed by atoms with van der Waals surface area (Å²) in [4.78, 5) is 0. The first-order valence-corrected chi connectivity index (χ1v) is 3.39. The number of fused-ring (bicyclic) bond motifs is 1. The van der Waals surface area contributed by atoms with E-state index < -0.39 is 0 Å². The molecule has 3 nitrogen and oxygen atoms in total. The first kappa shape index (κ1) is 6.49. The van der Waals surface area contributed by atoms with Crippen molar-refractivity contribution in [2.75, 3.05) is 0 Å². The average Bonchev–Trinajstić information content (AvgIpc) is 2.33. The van der Waals surface area contributed by atoms with Crippen LogP contribution in [0.25, 0.3) is 11.0 Å². The van der Waals surface area contributed by atoms with Crippen LogP contribution < -0.4 is 0 Å². The third-order valence-electron chi connectivity index (χ3n) is 1.41. The van der Waals surface area contributed by atoms with Crippen molar-refractivity contribution >= 4 is 22.6 Å². The Labute approximate surface area is 67.2 Å². The minimum Gasteiger partial charge on any atom is -0.508 e. The van der Waals surface area contributed by atoms with Gasteiger partial charge in [-0.1, -0.05) is 16.8 Å². The van der Waals surface area contributed by atoms with E-state index in [2.05, 4.69) is 5.16 Å². The second-order valence-electron chi connectivity index (χ2n) is 2.15. The number of aromatic hydroxyl groups is 1. The Bertz CT molecular complexity index is 396. The van der Waals surface area contributed by atoms with E-state index in [-0.39, 0.29) is 10.9 Å². The van der Waals surface area contributed by atoms with Crippen molar-refractivity contribution in [2.45, 2.75) is 0 Å². The Balaban J connectivity index is 2.87. The van der Waals surface area contributed by atoms with E-state index in [9.17, 15) is 0 Å². The highest BCUT2D eigenvalue weighted by molar-refractivity contribution is 6.34. The molecule has 56 valence electrons. The highest BCUT2D eigenvalue weighted by Gasteiger charge is 2.04. The van der Waals surface area contributed by atoms with Crippen LogP contribution in [0.15, 0.2) is 22.7 Å². The van der Waals surface area contributed by atoms with Gasteiger partial charge in [0.15, 0.2) is 10.7 Å². The predicted octanol–water partition coefficient (Wildman–Crippen LogP) is 2.19. The van der Waals surface area contributed by atoms with Gasteiger partial charge in [0.05, 0.1) is 5.39 Å². The molecule has 0 radical (unpaired) electrons. The highest BCUT2D eigenvalue weighted by atomic mass is 35.5. The lowest BCUT2D eigenvalue weighted by atomic mass is 10.2. The van der Waals surface area contributed by atoms with Crippen molar-refractivity contribution in [2.24, 2.45) is 0 Å². The van der Waals surface area contributed by atoms with E-state index in [4.69, 9.17) is 21.2 Å². The van der Waals surface area contributed by atoms with Crippen LogP contribution in [-0.2, 0) is 0 Å².